The normalized spacial score (nSPS) is 10.8. The minimum Gasteiger partial charge on any atom is -0.372 e. The van der Waals surface area contributed by atoms with Crippen LogP contribution in [0.1, 0.15) is 18.1 Å². The van der Waals surface area contributed by atoms with Crippen LogP contribution >= 0.6 is 0 Å². The van der Waals surface area contributed by atoms with Crippen LogP contribution in [0.15, 0.2) is 36.4 Å². The Morgan fingerprint density at radius 1 is 1.11 bits per heavy atom. The number of allylic oxidation sites excluding steroid dienone is 1. The third kappa shape index (κ3) is 2.56. The van der Waals surface area contributed by atoms with Crippen LogP contribution in [-0.4, -0.2) is 17.2 Å². The van der Waals surface area contributed by atoms with Crippen LogP contribution in [-0.2, 0) is 0 Å². The fourth-order valence-electron chi connectivity index (χ4n) is 1.88. The molecule has 1 heterocycles. The molecule has 0 amide bonds. The lowest BCUT2D eigenvalue weighted by molar-refractivity contribution is 1.04. The van der Waals surface area contributed by atoms with Gasteiger partial charge in [0.25, 0.3) is 0 Å². The van der Waals surface area contributed by atoms with Gasteiger partial charge < -0.3 is 5.32 Å². The molecule has 0 aliphatic heterocycles. The Labute approximate surface area is 108 Å². The van der Waals surface area contributed by atoms with Gasteiger partial charge in [-0.15, -0.1) is 10.2 Å². The van der Waals surface area contributed by atoms with Crippen molar-refractivity contribution in [1.82, 2.24) is 10.2 Å². The average molecular weight is 239 g/mol. The second kappa shape index (κ2) is 5.45. The summed E-state index contributed by atoms with van der Waals surface area (Å²) in [5.41, 5.74) is 4.44. The summed E-state index contributed by atoms with van der Waals surface area (Å²) in [7, 11) is 1.83. The Balaban J connectivity index is 2.37. The van der Waals surface area contributed by atoms with E-state index in [2.05, 4.69) is 46.7 Å². The largest absolute Gasteiger partial charge is 0.372 e. The number of rotatable bonds is 3. The molecule has 0 radical (unpaired) electrons. The highest BCUT2D eigenvalue weighted by molar-refractivity contribution is 5.66. The predicted octanol–water partition coefficient (Wildman–Crippen LogP) is 3.53. The average Bonchev–Trinajstić information content (AvgIpc) is 2.40. The molecule has 0 atom stereocenters. The zero-order valence-electron chi connectivity index (χ0n) is 10.9. The molecule has 3 heteroatoms. The van der Waals surface area contributed by atoms with Crippen LogP contribution in [0.25, 0.3) is 17.3 Å². The van der Waals surface area contributed by atoms with E-state index in [1.807, 2.05) is 32.2 Å². The number of nitrogens with zero attached hydrogens (tertiary/aromatic N) is 2. The van der Waals surface area contributed by atoms with Gasteiger partial charge in [-0.25, -0.2) is 0 Å². The molecule has 0 fully saturated rings. The number of anilines is 1. The van der Waals surface area contributed by atoms with Crippen molar-refractivity contribution >= 4 is 11.9 Å². The van der Waals surface area contributed by atoms with Gasteiger partial charge in [-0.1, -0.05) is 30.4 Å². The summed E-state index contributed by atoms with van der Waals surface area (Å²) in [4.78, 5) is 0. The minimum absolute atomic E-state index is 0.780. The van der Waals surface area contributed by atoms with Crippen molar-refractivity contribution in [1.29, 1.82) is 0 Å². The Morgan fingerprint density at radius 3 is 2.50 bits per heavy atom. The van der Waals surface area contributed by atoms with Crippen LogP contribution in [0.5, 0.6) is 0 Å². The SMILES string of the molecule is C/C=C/c1ccc(-c2ccc(NC)nn2)c(C)c1. The first-order valence-corrected chi connectivity index (χ1v) is 6.00. The zero-order chi connectivity index (χ0) is 13.0. The number of aryl methyl sites for hydroxylation is 1. The van der Waals surface area contributed by atoms with Crippen molar-refractivity contribution in [2.24, 2.45) is 0 Å². The Hall–Kier alpha value is -2.16. The van der Waals surface area contributed by atoms with Gasteiger partial charge in [0, 0.05) is 12.6 Å². The van der Waals surface area contributed by atoms with Crippen LogP contribution in [0.4, 0.5) is 5.82 Å². The quantitative estimate of drug-likeness (QED) is 0.890. The first-order chi connectivity index (χ1) is 8.74. The molecule has 0 spiro atoms. The van der Waals surface area contributed by atoms with Crippen molar-refractivity contribution in [3.8, 4) is 11.3 Å². The molecular weight excluding hydrogens is 222 g/mol. The molecule has 0 unspecified atom stereocenters. The Bertz CT molecular complexity index is 556. The summed E-state index contributed by atoms with van der Waals surface area (Å²) in [6, 6.07) is 10.3. The second-order valence-electron chi connectivity index (χ2n) is 4.13. The monoisotopic (exact) mass is 239 g/mol. The van der Waals surface area contributed by atoms with E-state index in [0.717, 1.165) is 17.1 Å². The molecule has 92 valence electrons. The van der Waals surface area contributed by atoms with Crippen molar-refractivity contribution in [2.75, 3.05) is 12.4 Å². The highest BCUT2D eigenvalue weighted by atomic mass is 15.2. The Kier molecular flexibility index (Phi) is 3.72. The lowest BCUT2D eigenvalue weighted by atomic mass is 10.0. The zero-order valence-corrected chi connectivity index (χ0v) is 10.9. The third-order valence-corrected chi connectivity index (χ3v) is 2.81. The fraction of sp³-hybridized carbons (Fsp3) is 0.200. The van der Waals surface area contributed by atoms with E-state index >= 15 is 0 Å². The molecule has 18 heavy (non-hydrogen) atoms. The molecule has 0 bridgehead atoms. The van der Waals surface area contributed by atoms with Gasteiger partial charge in [0.15, 0.2) is 0 Å². The maximum absolute atomic E-state index is 4.23. The molecule has 1 aromatic heterocycles. The number of nitrogens with one attached hydrogen (secondary N) is 1. The van der Waals surface area contributed by atoms with E-state index in [4.69, 9.17) is 0 Å². The van der Waals surface area contributed by atoms with Crippen molar-refractivity contribution < 1.29 is 0 Å². The van der Waals surface area contributed by atoms with Gasteiger partial charge in [0.05, 0.1) is 5.69 Å². The minimum atomic E-state index is 0.780. The topological polar surface area (TPSA) is 37.8 Å². The van der Waals surface area contributed by atoms with E-state index in [1.165, 1.54) is 11.1 Å². The molecular formula is C15H17N3. The molecule has 0 aliphatic carbocycles. The molecule has 3 nitrogen and oxygen atoms in total. The smallest absolute Gasteiger partial charge is 0.148 e. The fourth-order valence-corrected chi connectivity index (χ4v) is 1.88. The van der Waals surface area contributed by atoms with E-state index in [9.17, 15) is 0 Å². The Morgan fingerprint density at radius 2 is 1.94 bits per heavy atom. The van der Waals surface area contributed by atoms with Crippen molar-refractivity contribution in [3.05, 3.63) is 47.5 Å². The molecule has 0 aliphatic rings. The van der Waals surface area contributed by atoms with Crippen molar-refractivity contribution in [2.45, 2.75) is 13.8 Å². The van der Waals surface area contributed by atoms with Gasteiger partial charge in [0.2, 0.25) is 0 Å². The van der Waals surface area contributed by atoms with Crippen LogP contribution in [0.3, 0.4) is 0 Å². The standard InChI is InChI=1S/C15H17N3/c1-4-5-12-6-7-13(11(2)10-12)14-8-9-15(16-3)18-17-14/h4-10H,1-3H3,(H,16,18)/b5-4+. The molecule has 0 saturated carbocycles. The van der Waals surface area contributed by atoms with Crippen molar-refractivity contribution in [3.63, 3.8) is 0 Å². The molecule has 1 N–H and O–H groups in total. The highest BCUT2D eigenvalue weighted by Gasteiger charge is 2.04. The summed E-state index contributed by atoms with van der Waals surface area (Å²) in [6.45, 7) is 4.11. The number of hydrogen-bond acceptors (Lipinski definition) is 3. The molecule has 2 aromatic rings. The maximum Gasteiger partial charge on any atom is 0.148 e. The number of aromatic nitrogens is 2. The van der Waals surface area contributed by atoms with Crippen LogP contribution in [0, 0.1) is 6.92 Å². The lowest BCUT2D eigenvalue weighted by Crippen LogP contribution is -1.96. The molecule has 2 rings (SSSR count). The summed E-state index contributed by atoms with van der Waals surface area (Å²) in [6.07, 6.45) is 4.13. The third-order valence-electron chi connectivity index (χ3n) is 2.81. The van der Waals surface area contributed by atoms with Gasteiger partial charge in [-0.3, -0.25) is 0 Å². The van der Waals surface area contributed by atoms with Gasteiger partial charge in [-0.2, -0.15) is 0 Å². The van der Waals surface area contributed by atoms with E-state index < -0.39 is 0 Å². The first kappa shape index (κ1) is 12.3. The first-order valence-electron chi connectivity index (χ1n) is 6.00. The van der Waals surface area contributed by atoms with E-state index in [0.29, 0.717) is 0 Å². The van der Waals surface area contributed by atoms with Gasteiger partial charge in [-0.05, 0) is 37.1 Å². The lowest BCUT2D eigenvalue weighted by Gasteiger charge is -2.06. The highest BCUT2D eigenvalue weighted by Crippen LogP contribution is 2.23. The summed E-state index contributed by atoms with van der Waals surface area (Å²) >= 11 is 0. The molecule has 1 aromatic carbocycles. The van der Waals surface area contributed by atoms with Gasteiger partial charge >= 0.3 is 0 Å². The summed E-state index contributed by atoms with van der Waals surface area (Å²) in [5.74, 6) is 0.780. The van der Waals surface area contributed by atoms with E-state index in [1.54, 1.807) is 0 Å². The number of benzene rings is 1. The van der Waals surface area contributed by atoms with Crippen LogP contribution < -0.4 is 5.32 Å². The summed E-state index contributed by atoms with van der Waals surface area (Å²) in [5, 5.41) is 11.3. The summed E-state index contributed by atoms with van der Waals surface area (Å²) < 4.78 is 0. The van der Waals surface area contributed by atoms with Gasteiger partial charge in [0.1, 0.15) is 5.82 Å². The van der Waals surface area contributed by atoms with E-state index in [-0.39, 0.29) is 0 Å². The van der Waals surface area contributed by atoms with Crippen LogP contribution in [0.2, 0.25) is 0 Å². The maximum atomic E-state index is 4.23. The second-order valence-corrected chi connectivity index (χ2v) is 4.13. The number of hydrogen-bond donors (Lipinski definition) is 1. The molecule has 0 saturated heterocycles. The predicted molar refractivity (Wildman–Crippen MR) is 76.5 cm³/mol.